The lowest BCUT2D eigenvalue weighted by molar-refractivity contribution is 0.0378. The Balaban J connectivity index is 1.20. The molecular weight excluding hydrogens is 400 g/mol. The zero-order valence-corrected chi connectivity index (χ0v) is 18.1. The Morgan fingerprint density at radius 2 is 1.91 bits per heavy atom. The average Bonchev–Trinajstić information content (AvgIpc) is 3.31. The second kappa shape index (κ2) is 9.80. The van der Waals surface area contributed by atoms with Gasteiger partial charge >= 0.3 is 0 Å². The lowest BCUT2D eigenvalue weighted by atomic mass is 10.0. The van der Waals surface area contributed by atoms with Gasteiger partial charge in [0, 0.05) is 43.2 Å². The van der Waals surface area contributed by atoms with Crippen molar-refractivity contribution in [2.75, 3.05) is 50.0 Å². The fourth-order valence-corrected chi connectivity index (χ4v) is 3.99. The number of fused-ring (bicyclic) bond motifs is 1. The maximum Gasteiger partial charge on any atom is 0.229 e. The minimum Gasteiger partial charge on any atom is -0.379 e. The summed E-state index contributed by atoms with van der Waals surface area (Å²) in [5.74, 6) is 1.41. The van der Waals surface area contributed by atoms with Crippen molar-refractivity contribution in [2.45, 2.75) is 6.42 Å². The van der Waals surface area contributed by atoms with Gasteiger partial charge in [0.2, 0.25) is 5.95 Å². The monoisotopic (exact) mass is 428 g/mol. The Kier molecular flexibility index (Phi) is 6.28. The topological polar surface area (TPSA) is 78.1 Å². The first-order valence-electron chi connectivity index (χ1n) is 11.2. The Morgan fingerprint density at radius 1 is 1.00 bits per heavy atom. The second-order valence-electron chi connectivity index (χ2n) is 7.99. The molecule has 1 fully saturated rings. The lowest BCUT2D eigenvalue weighted by Gasteiger charge is -2.26. The van der Waals surface area contributed by atoms with Crippen molar-refractivity contribution in [2.24, 2.45) is 0 Å². The van der Waals surface area contributed by atoms with Crippen molar-refractivity contribution >= 4 is 28.4 Å². The van der Waals surface area contributed by atoms with E-state index < -0.39 is 0 Å². The van der Waals surface area contributed by atoms with Crippen molar-refractivity contribution in [1.29, 1.82) is 0 Å². The van der Waals surface area contributed by atoms with Gasteiger partial charge in [-0.2, -0.15) is 4.98 Å². The maximum absolute atomic E-state index is 5.40. The van der Waals surface area contributed by atoms with Gasteiger partial charge in [-0.1, -0.05) is 24.3 Å². The molecule has 3 N–H and O–H groups in total. The summed E-state index contributed by atoms with van der Waals surface area (Å²) in [6.45, 7) is 5.70. The largest absolute Gasteiger partial charge is 0.379 e. The van der Waals surface area contributed by atoms with E-state index in [0.717, 1.165) is 68.4 Å². The summed E-state index contributed by atoms with van der Waals surface area (Å²) in [5.41, 5.74) is 4.40. The van der Waals surface area contributed by atoms with Gasteiger partial charge in [0.25, 0.3) is 0 Å². The Hall–Kier alpha value is -3.42. The predicted molar refractivity (Wildman–Crippen MR) is 129 cm³/mol. The van der Waals surface area contributed by atoms with Crippen LogP contribution in [0.3, 0.4) is 0 Å². The van der Waals surface area contributed by atoms with E-state index in [9.17, 15) is 0 Å². The number of rotatable bonds is 8. The molecule has 3 heterocycles. The third-order valence-electron chi connectivity index (χ3n) is 5.72. The van der Waals surface area contributed by atoms with Crippen LogP contribution in [0, 0.1) is 0 Å². The highest BCUT2D eigenvalue weighted by molar-refractivity contribution is 5.85. The smallest absolute Gasteiger partial charge is 0.229 e. The zero-order valence-electron chi connectivity index (χ0n) is 18.1. The number of ether oxygens (including phenoxy) is 1. The number of anilines is 3. The molecular formula is C25H28N6O. The van der Waals surface area contributed by atoms with Crippen molar-refractivity contribution in [3.63, 3.8) is 0 Å². The number of aromatic amines is 1. The average molecular weight is 429 g/mol. The Morgan fingerprint density at radius 3 is 2.84 bits per heavy atom. The fraction of sp³-hybridized carbons (Fsp3) is 0.280. The van der Waals surface area contributed by atoms with E-state index in [1.54, 1.807) is 6.20 Å². The number of nitrogens with zero attached hydrogens (tertiary/aromatic N) is 3. The van der Waals surface area contributed by atoms with Crippen LogP contribution in [0.1, 0.15) is 6.42 Å². The molecule has 7 nitrogen and oxygen atoms in total. The summed E-state index contributed by atoms with van der Waals surface area (Å²) < 4.78 is 5.40. The van der Waals surface area contributed by atoms with Crippen LogP contribution in [0.4, 0.5) is 17.5 Å². The van der Waals surface area contributed by atoms with E-state index in [1.165, 1.54) is 10.9 Å². The number of H-pyrrole nitrogens is 1. The predicted octanol–water partition coefficient (Wildman–Crippen LogP) is 4.50. The van der Waals surface area contributed by atoms with Crippen molar-refractivity contribution in [1.82, 2.24) is 19.9 Å². The zero-order chi connectivity index (χ0) is 21.6. The van der Waals surface area contributed by atoms with Gasteiger partial charge in [-0.3, -0.25) is 4.90 Å². The molecule has 2 aromatic carbocycles. The highest BCUT2D eigenvalue weighted by Gasteiger charge is 2.09. The third-order valence-corrected chi connectivity index (χ3v) is 5.72. The normalized spacial score (nSPS) is 14.5. The molecule has 164 valence electrons. The van der Waals surface area contributed by atoms with Crippen LogP contribution >= 0.6 is 0 Å². The summed E-state index contributed by atoms with van der Waals surface area (Å²) in [5, 5.41) is 7.96. The molecule has 1 aliphatic rings. The van der Waals surface area contributed by atoms with Gasteiger partial charge in [-0.25, -0.2) is 4.98 Å². The SMILES string of the molecule is c1cc(Nc2nccc(NCCCN3CCOCC3)n2)cc(-c2ccc3cc[nH]c3c2)c1. The van der Waals surface area contributed by atoms with Gasteiger partial charge in [-0.15, -0.1) is 0 Å². The van der Waals surface area contributed by atoms with E-state index in [0.29, 0.717) is 5.95 Å². The summed E-state index contributed by atoms with van der Waals surface area (Å²) in [6, 6.07) is 18.8. The molecule has 0 radical (unpaired) electrons. The number of hydrogen-bond donors (Lipinski definition) is 3. The first-order valence-corrected chi connectivity index (χ1v) is 11.2. The molecule has 0 amide bonds. The standard InChI is InChI=1S/C25H28N6O/c1-3-20(21-6-5-19-7-10-26-23(19)18-21)17-22(4-1)29-25-28-11-8-24(30-25)27-9-2-12-31-13-15-32-16-14-31/h1,3-8,10-11,17-18,26H,2,9,12-16H2,(H2,27,28,29,30). The van der Waals surface area contributed by atoms with E-state index in [2.05, 4.69) is 66.9 Å². The molecule has 32 heavy (non-hydrogen) atoms. The summed E-state index contributed by atoms with van der Waals surface area (Å²) in [6.07, 6.45) is 4.82. The minimum atomic E-state index is 0.583. The third kappa shape index (κ3) is 5.07. The van der Waals surface area contributed by atoms with E-state index in [4.69, 9.17) is 4.74 Å². The van der Waals surface area contributed by atoms with Crippen molar-refractivity contribution in [3.8, 4) is 11.1 Å². The summed E-state index contributed by atoms with van der Waals surface area (Å²) in [4.78, 5) is 14.7. The molecule has 1 saturated heterocycles. The van der Waals surface area contributed by atoms with Crippen LogP contribution in [0.2, 0.25) is 0 Å². The van der Waals surface area contributed by atoms with Gasteiger partial charge in [-0.05, 0) is 59.8 Å². The molecule has 7 heteroatoms. The minimum absolute atomic E-state index is 0.583. The quantitative estimate of drug-likeness (QED) is 0.359. The highest BCUT2D eigenvalue weighted by atomic mass is 16.5. The van der Waals surface area contributed by atoms with Gasteiger partial charge < -0.3 is 20.4 Å². The molecule has 0 atom stereocenters. The van der Waals surface area contributed by atoms with Crippen molar-refractivity contribution < 1.29 is 4.74 Å². The van der Waals surface area contributed by atoms with Crippen LogP contribution in [-0.2, 0) is 4.74 Å². The lowest BCUT2D eigenvalue weighted by Crippen LogP contribution is -2.37. The van der Waals surface area contributed by atoms with Crippen LogP contribution in [0.5, 0.6) is 0 Å². The molecule has 0 aliphatic carbocycles. The molecule has 1 aliphatic heterocycles. The van der Waals surface area contributed by atoms with Crippen LogP contribution < -0.4 is 10.6 Å². The number of aromatic nitrogens is 3. The summed E-state index contributed by atoms with van der Waals surface area (Å²) in [7, 11) is 0. The fourth-order valence-electron chi connectivity index (χ4n) is 3.99. The molecule has 0 spiro atoms. The van der Waals surface area contributed by atoms with Gasteiger partial charge in [0.05, 0.1) is 13.2 Å². The first-order chi connectivity index (χ1) is 15.8. The van der Waals surface area contributed by atoms with Gasteiger partial charge in [0.1, 0.15) is 5.82 Å². The second-order valence-corrected chi connectivity index (χ2v) is 7.99. The number of morpholine rings is 1. The van der Waals surface area contributed by atoms with Gasteiger partial charge in [0.15, 0.2) is 0 Å². The highest BCUT2D eigenvalue weighted by Crippen LogP contribution is 2.27. The van der Waals surface area contributed by atoms with E-state index >= 15 is 0 Å². The number of benzene rings is 2. The van der Waals surface area contributed by atoms with Crippen LogP contribution in [0.25, 0.3) is 22.0 Å². The molecule has 0 unspecified atom stereocenters. The molecule has 0 bridgehead atoms. The Bertz CT molecular complexity index is 1170. The molecule has 5 rings (SSSR count). The van der Waals surface area contributed by atoms with Crippen molar-refractivity contribution in [3.05, 3.63) is 67.0 Å². The summed E-state index contributed by atoms with van der Waals surface area (Å²) >= 11 is 0. The van der Waals surface area contributed by atoms with Crippen LogP contribution in [0.15, 0.2) is 67.0 Å². The molecule has 2 aromatic heterocycles. The first kappa shape index (κ1) is 20.5. The van der Waals surface area contributed by atoms with E-state index in [-0.39, 0.29) is 0 Å². The maximum atomic E-state index is 5.40. The number of hydrogen-bond acceptors (Lipinski definition) is 6. The molecule has 0 saturated carbocycles. The van der Waals surface area contributed by atoms with E-state index in [1.807, 2.05) is 24.4 Å². The number of nitrogens with one attached hydrogen (secondary N) is 3. The molecule has 4 aromatic rings. The van der Waals surface area contributed by atoms with Crippen LogP contribution in [-0.4, -0.2) is 59.2 Å². The Labute approximate surface area is 187 Å².